The number of nitrogens with zero attached hydrogens (tertiary/aromatic N) is 1. The van der Waals surface area contributed by atoms with E-state index in [1.807, 2.05) is 0 Å². The summed E-state index contributed by atoms with van der Waals surface area (Å²) < 4.78 is 25.3. The highest BCUT2D eigenvalue weighted by Crippen LogP contribution is 2.27. The topological polar surface area (TPSA) is 54.5 Å². The summed E-state index contributed by atoms with van der Waals surface area (Å²) in [4.78, 5) is 14.6. The van der Waals surface area contributed by atoms with Gasteiger partial charge < -0.3 is 4.90 Å². The number of amides is 1. The molecule has 1 aromatic carbocycles. The molecule has 0 saturated carbocycles. The number of carbonyl (C=O) groups excluding carboxylic acids is 1. The highest BCUT2D eigenvalue weighted by molar-refractivity contribution is 7.92. The second-order valence-electron chi connectivity index (χ2n) is 6.03. The molecule has 1 heterocycles. The van der Waals surface area contributed by atoms with Crippen LogP contribution in [0, 0.1) is 5.92 Å². The molecule has 1 saturated heterocycles. The van der Waals surface area contributed by atoms with Crippen molar-refractivity contribution in [3.8, 4) is 0 Å². The largest absolute Gasteiger partial charge is 0.341 e. The lowest BCUT2D eigenvalue weighted by Crippen LogP contribution is -2.36. The average Bonchev–Trinajstić information content (AvgIpc) is 3.06. The van der Waals surface area contributed by atoms with E-state index in [4.69, 9.17) is 0 Å². The predicted molar refractivity (Wildman–Crippen MR) is 85.1 cm³/mol. The quantitative estimate of drug-likeness (QED) is 0.804. The minimum Gasteiger partial charge on any atom is -0.341 e. The van der Waals surface area contributed by atoms with Gasteiger partial charge in [0.25, 0.3) is 0 Å². The van der Waals surface area contributed by atoms with Crippen molar-refractivity contribution in [2.75, 3.05) is 13.1 Å². The average molecular weight is 319 g/mol. The molecule has 1 aliphatic heterocycles. The monoisotopic (exact) mass is 319 g/mol. The molecule has 1 fully saturated rings. The van der Waals surface area contributed by atoms with Gasteiger partial charge in [0, 0.05) is 19.0 Å². The van der Waals surface area contributed by atoms with E-state index in [1.165, 1.54) is 0 Å². The van der Waals surface area contributed by atoms with E-state index in [2.05, 4.69) is 12.2 Å². The van der Waals surface area contributed by atoms with Gasteiger partial charge in [-0.25, -0.2) is 8.42 Å². The van der Waals surface area contributed by atoms with Gasteiger partial charge in [-0.05, 0) is 37.8 Å². The van der Waals surface area contributed by atoms with E-state index in [1.54, 1.807) is 35.2 Å². The maximum absolute atomic E-state index is 12.6. The Bertz CT molecular complexity index is 666. The lowest BCUT2D eigenvalue weighted by Gasteiger charge is -2.24. The minimum absolute atomic E-state index is 0.0307. The molecule has 0 spiro atoms. The Morgan fingerprint density at radius 2 is 1.86 bits per heavy atom. The number of sulfone groups is 1. The Balaban J connectivity index is 1.69. The van der Waals surface area contributed by atoms with Gasteiger partial charge in [0.1, 0.15) is 0 Å². The Morgan fingerprint density at radius 1 is 1.09 bits per heavy atom. The SMILES string of the molecule is O=C([C@H]1CC=CCC1)N1CC[C@@H](S(=O)(=O)c2ccccc2)C1. The molecule has 1 amide bonds. The lowest BCUT2D eigenvalue weighted by molar-refractivity contribution is -0.134. The summed E-state index contributed by atoms with van der Waals surface area (Å²) >= 11 is 0. The summed E-state index contributed by atoms with van der Waals surface area (Å²) in [7, 11) is -3.34. The molecule has 1 aromatic rings. The Labute approximate surface area is 131 Å². The third-order valence-electron chi connectivity index (χ3n) is 4.59. The van der Waals surface area contributed by atoms with Crippen LogP contribution in [0.5, 0.6) is 0 Å². The van der Waals surface area contributed by atoms with Gasteiger partial charge in [-0.1, -0.05) is 30.4 Å². The Hall–Kier alpha value is -1.62. The van der Waals surface area contributed by atoms with Gasteiger partial charge in [-0.2, -0.15) is 0 Å². The summed E-state index contributed by atoms with van der Waals surface area (Å²) in [5.74, 6) is 0.151. The second-order valence-corrected chi connectivity index (χ2v) is 8.26. The Kier molecular flexibility index (Phi) is 4.34. The second kappa shape index (κ2) is 6.24. The van der Waals surface area contributed by atoms with Crippen molar-refractivity contribution in [2.24, 2.45) is 5.92 Å². The zero-order chi connectivity index (χ0) is 15.6. The van der Waals surface area contributed by atoms with E-state index < -0.39 is 15.1 Å². The smallest absolute Gasteiger partial charge is 0.226 e. The van der Waals surface area contributed by atoms with Crippen molar-refractivity contribution >= 4 is 15.7 Å². The highest BCUT2D eigenvalue weighted by Gasteiger charge is 2.37. The van der Waals surface area contributed by atoms with Gasteiger partial charge in [-0.15, -0.1) is 0 Å². The predicted octanol–water partition coefficient (Wildman–Crippen LogP) is 2.42. The molecule has 2 aliphatic rings. The van der Waals surface area contributed by atoms with Crippen LogP contribution in [0.4, 0.5) is 0 Å². The van der Waals surface area contributed by atoms with Crippen LogP contribution in [0.2, 0.25) is 0 Å². The third-order valence-corrected chi connectivity index (χ3v) is 6.78. The molecule has 118 valence electrons. The number of benzene rings is 1. The molecule has 2 atom stereocenters. The van der Waals surface area contributed by atoms with E-state index in [9.17, 15) is 13.2 Å². The molecule has 0 N–H and O–H groups in total. The normalized spacial score (nSPS) is 25.4. The zero-order valence-corrected chi connectivity index (χ0v) is 13.3. The fourth-order valence-electron chi connectivity index (χ4n) is 3.26. The molecule has 3 rings (SSSR count). The summed E-state index contributed by atoms with van der Waals surface area (Å²) in [6, 6.07) is 8.54. The van der Waals surface area contributed by atoms with Gasteiger partial charge in [0.15, 0.2) is 9.84 Å². The molecule has 4 nitrogen and oxygen atoms in total. The van der Waals surface area contributed by atoms with Crippen molar-refractivity contribution in [1.29, 1.82) is 0 Å². The fraction of sp³-hybridized carbons (Fsp3) is 0.471. The maximum atomic E-state index is 12.6. The molecule has 0 unspecified atom stereocenters. The molecule has 0 radical (unpaired) electrons. The summed E-state index contributed by atoms with van der Waals surface area (Å²) in [6.07, 6.45) is 7.30. The first kappa shape index (κ1) is 15.3. The maximum Gasteiger partial charge on any atom is 0.226 e. The third kappa shape index (κ3) is 2.95. The molecule has 5 heteroatoms. The highest BCUT2D eigenvalue weighted by atomic mass is 32.2. The van der Waals surface area contributed by atoms with Crippen LogP contribution in [0.25, 0.3) is 0 Å². The van der Waals surface area contributed by atoms with Crippen molar-refractivity contribution in [3.05, 3.63) is 42.5 Å². The molecule has 22 heavy (non-hydrogen) atoms. The van der Waals surface area contributed by atoms with Crippen molar-refractivity contribution < 1.29 is 13.2 Å². The minimum atomic E-state index is -3.34. The van der Waals surface area contributed by atoms with E-state index in [0.717, 1.165) is 19.3 Å². The number of allylic oxidation sites excluding steroid dienone is 2. The zero-order valence-electron chi connectivity index (χ0n) is 12.5. The first-order valence-electron chi connectivity index (χ1n) is 7.82. The molecule has 0 aromatic heterocycles. The van der Waals surface area contributed by atoms with Gasteiger partial charge in [-0.3, -0.25) is 4.79 Å². The number of rotatable bonds is 3. The van der Waals surface area contributed by atoms with E-state index in [0.29, 0.717) is 24.4 Å². The van der Waals surface area contributed by atoms with Gasteiger partial charge >= 0.3 is 0 Å². The van der Waals surface area contributed by atoms with Crippen LogP contribution in [0.3, 0.4) is 0 Å². The molecular weight excluding hydrogens is 298 g/mol. The molecule has 1 aliphatic carbocycles. The van der Waals surface area contributed by atoms with E-state index in [-0.39, 0.29) is 11.8 Å². The van der Waals surface area contributed by atoms with Crippen molar-refractivity contribution in [2.45, 2.75) is 35.8 Å². The number of hydrogen-bond acceptors (Lipinski definition) is 3. The molecular formula is C17H21NO3S. The number of carbonyl (C=O) groups is 1. The van der Waals surface area contributed by atoms with Crippen LogP contribution in [-0.4, -0.2) is 37.6 Å². The molecule has 0 bridgehead atoms. The Morgan fingerprint density at radius 3 is 2.55 bits per heavy atom. The van der Waals surface area contributed by atoms with Gasteiger partial charge in [0.2, 0.25) is 5.91 Å². The van der Waals surface area contributed by atoms with Crippen molar-refractivity contribution in [1.82, 2.24) is 4.90 Å². The number of likely N-dealkylation sites (tertiary alicyclic amines) is 1. The van der Waals surface area contributed by atoms with Crippen LogP contribution in [0.1, 0.15) is 25.7 Å². The summed E-state index contributed by atoms with van der Waals surface area (Å²) in [5, 5.41) is -0.474. The summed E-state index contributed by atoms with van der Waals surface area (Å²) in [6.45, 7) is 0.881. The van der Waals surface area contributed by atoms with E-state index >= 15 is 0 Å². The lowest BCUT2D eigenvalue weighted by atomic mass is 9.93. The summed E-state index contributed by atoms with van der Waals surface area (Å²) in [5.41, 5.74) is 0. The number of hydrogen-bond donors (Lipinski definition) is 0. The standard InChI is InChI=1S/C17H21NO3S/c19-17(14-7-3-1-4-8-14)18-12-11-16(13-18)22(20,21)15-9-5-2-6-10-15/h1-3,5-6,9-10,14,16H,4,7-8,11-13H2/t14-,16+/m0/s1. The van der Waals surface area contributed by atoms with Crippen LogP contribution < -0.4 is 0 Å². The first-order chi connectivity index (χ1) is 10.6. The van der Waals surface area contributed by atoms with Crippen LogP contribution in [0.15, 0.2) is 47.4 Å². The van der Waals surface area contributed by atoms with Crippen LogP contribution in [-0.2, 0) is 14.6 Å². The van der Waals surface area contributed by atoms with Gasteiger partial charge in [0.05, 0.1) is 10.1 Å². The first-order valence-corrected chi connectivity index (χ1v) is 9.36. The van der Waals surface area contributed by atoms with Crippen molar-refractivity contribution in [3.63, 3.8) is 0 Å². The van der Waals surface area contributed by atoms with Crippen LogP contribution >= 0.6 is 0 Å². The fourth-order valence-corrected chi connectivity index (χ4v) is 4.97.